The first-order chi connectivity index (χ1) is 10.1. The lowest BCUT2D eigenvalue weighted by molar-refractivity contribution is 0.0697. The Hall–Kier alpha value is -2.56. The number of benzene rings is 1. The molecule has 2 aromatic rings. The van der Waals surface area contributed by atoms with E-state index in [1.165, 1.54) is 17.8 Å². The third-order valence-electron chi connectivity index (χ3n) is 3.10. The topological polar surface area (TPSA) is 85.4 Å². The van der Waals surface area contributed by atoms with E-state index in [-0.39, 0.29) is 17.1 Å². The van der Waals surface area contributed by atoms with Gasteiger partial charge in [0.15, 0.2) is 0 Å². The fraction of sp³-hybridized carbons (Fsp3) is 0.250. The zero-order chi connectivity index (χ0) is 15.2. The lowest BCUT2D eigenvalue weighted by Gasteiger charge is -2.07. The summed E-state index contributed by atoms with van der Waals surface area (Å²) in [5, 5.41) is 9.01. The standard InChI is InChI=1S/C16H18N2O3/c1-2-3-4-11-5-7-12(8-6-11)21-15-9-13(16(19)20)14(17)10-18-15/h5-10H,2-4,17H2,1H3,(H,19,20). The van der Waals surface area contributed by atoms with Crippen LogP contribution in [0.4, 0.5) is 5.69 Å². The minimum absolute atomic E-state index is 0.0143. The van der Waals surface area contributed by atoms with Crippen molar-refractivity contribution in [2.45, 2.75) is 26.2 Å². The molecule has 0 bridgehead atoms. The predicted molar refractivity (Wildman–Crippen MR) is 80.7 cm³/mol. The molecular formula is C16H18N2O3. The molecule has 1 aromatic heterocycles. The molecule has 110 valence electrons. The van der Waals surface area contributed by atoms with Crippen LogP contribution in [0, 0.1) is 0 Å². The summed E-state index contributed by atoms with van der Waals surface area (Å²) in [5.74, 6) is -0.276. The van der Waals surface area contributed by atoms with Gasteiger partial charge >= 0.3 is 5.97 Å². The highest BCUT2D eigenvalue weighted by atomic mass is 16.5. The van der Waals surface area contributed by atoms with Crippen molar-refractivity contribution in [2.75, 3.05) is 5.73 Å². The molecule has 1 heterocycles. The molecule has 1 aromatic carbocycles. The maximum atomic E-state index is 11.0. The number of anilines is 1. The molecule has 5 heteroatoms. The molecule has 0 aliphatic carbocycles. The first-order valence-electron chi connectivity index (χ1n) is 6.85. The van der Waals surface area contributed by atoms with Crippen molar-refractivity contribution in [3.63, 3.8) is 0 Å². The molecular weight excluding hydrogens is 268 g/mol. The van der Waals surface area contributed by atoms with Crippen LogP contribution in [-0.2, 0) is 6.42 Å². The van der Waals surface area contributed by atoms with Gasteiger partial charge in [0.1, 0.15) is 5.75 Å². The summed E-state index contributed by atoms with van der Waals surface area (Å²) in [5.41, 5.74) is 6.90. The molecule has 2 rings (SSSR count). The molecule has 0 radical (unpaired) electrons. The highest BCUT2D eigenvalue weighted by molar-refractivity contribution is 5.93. The van der Waals surface area contributed by atoms with Gasteiger partial charge in [0.25, 0.3) is 0 Å². The fourth-order valence-corrected chi connectivity index (χ4v) is 1.91. The Morgan fingerprint density at radius 1 is 1.33 bits per heavy atom. The summed E-state index contributed by atoms with van der Waals surface area (Å²) in [7, 11) is 0. The van der Waals surface area contributed by atoms with Crippen molar-refractivity contribution in [1.82, 2.24) is 4.98 Å². The van der Waals surface area contributed by atoms with E-state index in [4.69, 9.17) is 15.6 Å². The van der Waals surface area contributed by atoms with Crippen molar-refractivity contribution in [1.29, 1.82) is 0 Å². The van der Waals surface area contributed by atoms with Crippen molar-refractivity contribution >= 4 is 11.7 Å². The monoisotopic (exact) mass is 286 g/mol. The molecule has 0 fully saturated rings. The van der Waals surface area contributed by atoms with Crippen LogP contribution < -0.4 is 10.5 Å². The van der Waals surface area contributed by atoms with Crippen molar-refractivity contribution in [3.8, 4) is 11.6 Å². The predicted octanol–water partition coefficient (Wildman–Crippen LogP) is 3.50. The van der Waals surface area contributed by atoms with E-state index in [9.17, 15) is 4.79 Å². The van der Waals surface area contributed by atoms with Crippen molar-refractivity contribution in [2.24, 2.45) is 0 Å². The van der Waals surface area contributed by atoms with E-state index in [0.717, 1.165) is 19.3 Å². The summed E-state index contributed by atoms with van der Waals surface area (Å²) < 4.78 is 5.55. The minimum atomic E-state index is -1.10. The van der Waals surface area contributed by atoms with Gasteiger partial charge in [0.2, 0.25) is 5.88 Å². The van der Waals surface area contributed by atoms with Gasteiger partial charge in [-0.15, -0.1) is 0 Å². The number of nitrogen functional groups attached to an aromatic ring is 1. The molecule has 0 saturated heterocycles. The van der Waals surface area contributed by atoms with Crippen LogP contribution in [0.2, 0.25) is 0 Å². The number of aromatic nitrogens is 1. The highest BCUT2D eigenvalue weighted by Crippen LogP contribution is 2.23. The minimum Gasteiger partial charge on any atom is -0.478 e. The lowest BCUT2D eigenvalue weighted by atomic mass is 10.1. The van der Waals surface area contributed by atoms with Gasteiger partial charge in [-0.3, -0.25) is 0 Å². The van der Waals surface area contributed by atoms with Crippen LogP contribution in [0.1, 0.15) is 35.7 Å². The Labute approximate surface area is 123 Å². The number of aryl methyl sites for hydroxylation is 1. The number of rotatable bonds is 6. The van der Waals surface area contributed by atoms with Gasteiger partial charge in [0.05, 0.1) is 17.4 Å². The third-order valence-corrected chi connectivity index (χ3v) is 3.10. The number of carboxylic acid groups (broad SMARTS) is 1. The maximum Gasteiger partial charge on any atom is 0.338 e. The number of aromatic carboxylic acids is 1. The van der Waals surface area contributed by atoms with Crippen LogP contribution in [-0.4, -0.2) is 16.1 Å². The number of ether oxygens (including phenoxy) is 1. The number of nitrogens with zero attached hydrogens (tertiary/aromatic N) is 1. The van der Waals surface area contributed by atoms with Gasteiger partial charge in [-0.05, 0) is 30.5 Å². The zero-order valence-corrected chi connectivity index (χ0v) is 11.9. The molecule has 0 atom stereocenters. The van der Waals surface area contributed by atoms with Crippen LogP contribution in [0.15, 0.2) is 36.5 Å². The van der Waals surface area contributed by atoms with Crippen LogP contribution >= 0.6 is 0 Å². The highest BCUT2D eigenvalue weighted by Gasteiger charge is 2.10. The number of nitrogens with two attached hydrogens (primary N) is 1. The zero-order valence-electron chi connectivity index (χ0n) is 11.9. The van der Waals surface area contributed by atoms with E-state index < -0.39 is 5.97 Å². The second-order valence-corrected chi connectivity index (χ2v) is 4.76. The maximum absolute atomic E-state index is 11.0. The van der Waals surface area contributed by atoms with Crippen LogP contribution in [0.25, 0.3) is 0 Å². The van der Waals surface area contributed by atoms with E-state index >= 15 is 0 Å². The Morgan fingerprint density at radius 2 is 2.05 bits per heavy atom. The summed E-state index contributed by atoms with van der Waals surface area (Å²) in [6, 6.07) is 9.02. The summed E-state index contributed by atoms with van der Waals surface area (Å²) in [4.78, 5) is 15.0. The van der Waals surface area contributed by atoms with E-state index in [1.807, 2.05) is 24.3 Å². The number of carboxylic acids is 1. The first-order valence-corrected chi connectivity index (χ1v) is 6.85. The van der Waals surface area contributed by atoms with E-state index in [2.05, 4.69) is 11.9 Å². The average molecular weight is 286 g/mol. The first kappa shape index (κ1) is 14.8. The van der Waals surface area contributed by atoms with Gasteiger partial charge < -0.3 is 15.6 Å². The van der Waals surface area contributed by atoms with Gasteiger partial charge in [-0.25, -0.2) is 9.78 Å². The Bertz CT molecular complexity index is 624. The van der Waals surface area contributed by atoms with Crippen molar-refractivity contribution < 1.29 is 14.6 Å². The molecule has 21 heavy (non-hydrogen) atoms. The number of hydrogen-bond acceptors (Lipinski definition) is 4. The second-order valence-electron chi connectivity index (χ2n) is 4.76. The molecule has 0 aliphatic heterocycles. The molecule has 0 saturated carbocycles. The molecule has 5 nitrogen and oxygen atoms in total. The summed E-state index contributed by atoms with van der Waals surface area (Å²) in [6.45, 7) is 2.16. The van der Waals surface area contributed by atoms with Crippen molar-refractivity contribution in [3.05, 3.63) is 47.7 Å². The number of unbranched alkanes of at least 4 members (excludes halogenated alkanes) is 1. The van der Waals surface area contributed by atoms with Gasteiger partial charge in [-0.1, -0.05) is 25.5 Å². The molecule has 0 amide bonds. The molecule has 0 spiro atoms. The SMILES string of the molecule is CCCCc1ccc(Oc2cc(C(=O)O)c(N)cn2)cc1. The fourth-order valence-electron chi connectivity index (χ4n) is 1.91. The van der Waals surface area contributed by atoms with Crippen LogP contribution in [0.3, 0.4) is 0 Å². The lowest BCUT2D eigenvalue weighted by Crippen LogP contribution is -2.03. The number of hydrogen-bond donors (Lipinski definition) is 2. The van der Waals surface area contributed by atoms with E-state index in [0.29, 0.717) is 5.75 Å². The van der Waals surface area contributed by atoms with E-state index in [1.54, 1.807) is 0 Å². The molecule has 0 aliphatic rings. The Morgan fingerprint density at radius 3 is 2.67 bits per heavy atom. The number of carbonyl (C=O) groups is 1. The van der Waals surface area contributed by atoms with Gasteiger partial charge in [0, 0.05) is 6.07 Å². The number of pyridine rings is 1. The summed E-state index contributed by atoms with van der Waals surface area (Å²) in [6.07, 6.45) is 4.64. The largest absolute Gasteiger partial charge is 0.478 e. The summed E-state index contributed by atoms with van der Waals surface area (Å²) >= 11 is 0. The average Bonchev–Trinajstić information content (AvgIpc) is 2.48. The third kappa shape index (κ3) is 3.95. The van der Waals surface area contributed by atoms with Crippen LogP contribution in [0.5, 0.6) is 11.6 Å². The Balaban J connectivity index is 2.11. The quantitative estimate of drug-likeness (QED) is 0.848. The normalized spacial score (nSPS) is 10.3. The smallest absolute Gasteiger partial charge is 0.338 e. The molecule has 3 N–H and O–H groups in total. The van der Waals surface area contributed by atoms with Gasteiger partial charge in [-0.2, -0.15) is 0 Å². The Kier molecular flexibility index (Phi) is 4.77. The molecule has 0 unspecified atom stereocenters. The second kappa shape index (κ2) is 6.74.